The maximum atomic E-state index is 13.5. The average Bonchev–Trinajstić information content (AvgIpc) is 2.94. The number of nitrogens with zero attached hydrogens (tertiary/aromatic N) is 3. The first-order chi connectivity index (χ1) is 19.6. The number of amides is 1. The molecule has 2 aromatic heterocycles. The summed E-state index contributed by atoms with van der Waals surface area (Å²) in [6.45, 7) is 1.37. The number of halogens is 4. The van der Waals surface area contributed by atoms with Gasteiger partial charge in [0.1, 0.15) is 12.4 Å². The highest BCUT2D eigenvalue weighted by Gasteiger charge is 2.42. The predicted octanol–water partition coefficient (Wildman–Crippen LogP) is 5.46. The highest BCUT2D eigenvalue weighted by Crippen LogP contribution is 2.23. The van der Waals surface area contributed by atoms with Gasteiger partial charge in [0.25, 0.3) is 5.91 Å². The standard InChI is InChI=1S/C28H28ClF3N4O5/c29-22-16-21(17-24(18-22)40-15-13-35-23-7-11-34-12-8-23)26(38)36(19-20-5-9-33-10-6-20)14-3-1-2-4-25(37)41-27(39)28(30,31)32/h5-12,16-18H,1-4,13-15,19H2,(H,34,35). The molecule has 3 rings (SSSR count). The molecule has 218 valence electrons. The van der Waals surface area contributed by atoms with E-state index < -0.39 is 18.1 Å². The third kappa shape index (κ3) is 11.1. The smallest absolute Gasteiger partial charge is 0.491 e. The zero-order valence-corrected chi connectivity index (χ0v) is 22.7. The Bertz CT molecular complexity index is 1300. The number of ether oxygens (including phenoxy) is 2. The summed E-state index contributed by atoms with van der Waals surface area (Å²) in [6.07, 6.45) is 2.01. The van der Waals surface area contributed by atoms with Gasteiger partial charge in [0.15, 0.2) is 0 Å². The topological polar surface area (TPSA) is 111 Å². The van der Waals surface area contributed by atoms with Crippen molar-refractivity contribution in [3.05, 3.63) is 83.4 Å². The van der Waals surface area contributed by atoms with Crippen molar-refractivity contribution in [3.8, 4) is 5.75 Å². The second kappa shape index (κ2) is 15.6. The number of esters is 2. The Labute approximate surface area is 239 Å². The van der Waals surface area contributed by atoms with Crippen LogP contribution in [0.25, 0.3) is 0 Å². The van der Waals surface area contributed by atoms with Crippen LogP contribution in [0.4, 0.5) is 18.9 Å². The minimum atomic E-state index is -5.23. The SMILES string of the molecule is O=C(CCCCCN(Cc1ccncc1)C(=O)c1cc(Cl)cc(OCCNc2ccncc2)c1)OC(=O)C(F)(F)F. The summed E-state index contributed by atoms with van der Waals surface area (Å²) in [5, 5.41) is 3.52. The molecule has 0 aliphatic rings. The normalized spacial score (nSPS) is 11.0. The molecule has 1 amide bonds. The van der Waals surface area contributed by atoms with Gasteiger partial charge in [0, 0.05) is 67.1 Å². The van der Waals surface area contributed by atoms with E-state index >= 15 is 0 Å². The Kier molecular flexibility index (Phi) is 11.9. The summed E-state index contributed by atoms with van der Waals surface area (Å²) in [5.41, 5.74) is 2.05. The lowest BCUT2D eigenvalue weighted by Gasteiger charge is -2.23. The Morgan fingerprint density at radius 3 is 2.29 bits per heavy atom. The quantitative estimate of drug-likeness (QED) is 0.149. The summed E-state index contributed by atoms with van der Waals surface area (Å²) >= 11 is 6.29. The van der Waals surface area contributed by atoms with E-state index in [0.717, 1.165) is 11.3 Å². The fourth-order valence-electron chi connectivity index (χ4n) is 3.71. The Hall–Kier alpha value is -4.19. The van der Waals surface area contributed by atoms with Crippen molar-refractivity contribution in [2.45, 2.75) is 38.4 Å². The van der Waals surface area contributed by atoms with E-state index in [4.69, 9.17) is 16.3 Å². The lowest BCUT2D eigenvalue weighted by molar-refractivity contribution is -0.201. The van der Waals surface area contributed by atoms with Gasteiger partial charge in [-0.15, -0.1) is 0 Å². The number of aromatic nitrogens is 2. The number of hydrogen-bond donors (Lipinski definition) is 1. The minimum absolute atomic E-state index is 0.184. The molecule has 0 unspecified atom stereocenters. The molecule has 13 heteroatoms. The first kappa shape index (κ1) is 31.3. The van der Waals surface area contributed by atoms with E-state index in [-0.39, 0.29) is 31.8 Å². The number of hydrogen-bond acceptors (Lipinski definition) is 8. The number of pyridine rings is 2. The van der Waals surface area contributed by atoms with Crippen molar-refractivity contribution >= 4 is 35.1 Å². The van der Waals surface area contributed by atoms with Crippen LogP contribution in [-0.4, -0.2) is 58.6 Å². The zero-order valence-electron chi connectivity index (χ0n) is 21.9. The van der Waals surface area contributed by atoms with Gasteiger partial charge < -0.3 is 19.7 Å². The molecular formula is C28H28ClF3N4O5. The molecule has 0 bridgehead atoms. The first-order valence-corrected chi connectivity index (χ1v) is 13.1. The van der Waals surface area contributed by atoms with Crippen LogP contribution in [0, 0.1) is 0 Å². The van der Waals surface area contributed by atoms with Crippen LogP contribution in [0.3, 0.4) is 0 Å². The summed E-state index contributed by atoms with van der Waals surface area (Å²) in [5.74, 6) is -3.67. The molecule has 0 saturated carbocycles. The molecule has 0 atom stereocenters. The number of nitrogens with one attached hydrogen (secondary N) is 1. The molecule has 3 aromatic rings. The van der Waals surface area contributed by atoms with Crippen molar-refractivity contribution in [2.75, 3.05) is 25.0 Å². The number of carbonyl (C=O) groups is 3. The Morgan fingerprint density at radius 1 is 0.927 bits per heavy atom. The van der Waals surface area contributed by atoms with Crippen LogP contribution in [0.5, 0.6) is 5.75 Å². The van der Waals surface area contributed by atoms with E-state index in [9.17, 15) is 27.6 Å². The zero-order chi connectivity index (χ0) is 29.7. The molecule has 9 nitrogen and oxygen atoms in total. The Balaban J connectivity index is 1.57. The molecule has 0 aliphatic heterocycles. The van der Waals surface area contributed by atoms with Crippen LogP contribution in [0.2, 0.25) is 5.02 Å². The fourth-order valence-corrected chi connectivity index (χ4v) is 3.93. The number of benzene rings is 1. The summed E-state index contributed by atoms with van der Waals surface area (Å²) in [7, 11) is 0. The predicted molar refractivity (Wildman–Crippen MR) is 144 cm³/mol. The van der Waals surface area contributed by atoms with Gasteiger partial charge in [-0.3, -0.25) is 19.6 Å². The van der Waals surface area contributed by atoms with Gasteiger partial charge in [-0.1, -0.05) is 18.0 Å². The van der Waals surface area contributed by atoms with Crippen molar-refractivity contribution in [2.24, 2.45) is 0 Å². The van der Waals surface area contributed by atoms with Crippen LogP contribution in [0.1, 0.15) is 41.6 Å². The third-order valence-electron chi connectivity index (χ3n) is 5.66. The van der Waals surface area contributed by atoms with Crippen LogP contribution >= 0.6 is 11.6 Å². The number of carbonyl (C=O) groups excluding carboxylic acids is 3. The second-order valence-electron chi connectivity index (χ2n) is 8.84. The maximum Gasteiger partial charge on any atom is 0.491 e. The Morgan fingerprint density at radius 2 is 1.61 bits per heavy atom. The monoisotopic (exact) mass is 592 g/mol. The van der Waals surface area contributed by atoms with Crippen molar-refractivity contribution < 1.29 is 37.0 Å². The molecule has 0 aliphatic carbocycles. The average molecular weight is 593 g/mol. The van der Waals surface area contributed by atoms with E-state index in [0.29, 0.717) is 42.3 Å². The highest BCUT2D eigenvalue weighted by atomic mass is 35.5. The number of rotatable bonds is 14. The lowest BCUT2D eigenvalue weighted by Crippen LogP contribution is -2.31. The van der Waals surface area contributed by atoms with Gasteiger partial charge in [0.05, 0.1) is 0 Å². The molecule has 1 aromatic carbocycles. The van der Waals surface area contributed by atoms with E-state index in [2.05, 4.69) is 20.0 Å². The first-order valence-electron chi connectivity index (χ1n) is 12.7. The number of alkyl halides is 3. The van der Waals surface area contributed by atoms with Gasteiger partial charge in [-0.05, 0) is 60.9 Å². The lowest BCUT2D eigenvalue weighted by atomic mass is 10.1. The second-order valence-corrected chi connectivity index (χ2v) is 9.28. The third-order valence-corrected chi connectivity index (χ3v) is 5.87. The molecular weight excluding hydrogens is 565 g/mol. The van der Waals surface area contributed by atoms with Crippen molar-refractivity contribution in [3.63, 3.8) is 0 Å². The number of unbranched alkanes of at least 4 members (excludes halogenated alkanes) is 2. The van der Waals surface area contributed by atoms with Crippen LogP contribution in [-0.2, 0) is 20.9 Å². The molecule has 0 saturated heterocycles. The van der Waals surface area contributed by atoms with E-state index in [1.54, 1.807) is 60.0 Å². The molecule has 0 spiro atoms. The molecule has 1 N–H and O–H groups in total. The van der Waals surface area contributed by atoms with E-state index in [1.807, 2.05) is 12.1 Å². The molecule has 2 heterocycles. The van der Waals surface area contributed by atoms with E-state index in [1.165, 1.54) is 0 Å². The molecule has 0 radical (unpaired) electrons. The van der Waals surface area contributed by atoms with Crippen LogP contribution in [0.15, 0.2) is 67.3 Å². The van der Waals surface area contributed by atoms with Gasteiger partial charge in [0.2, 0.25) is 0 Å². The summed E-state index contributed by atoms with van der Waals surface area (Å²) < 4.78 is 46.3. The van der Waals surface area contributed by atoms with Crippen LogP contribution < -0.4 is 10.1 Å². The van der Waals surface area contributed by atoms with Crippen molar-refractivity contribution in [1.29, 1.82) is 0 Å². The minimum Gasteiger partial charge on any atom is -0.492 e. The number of anilines is 1. The van der Waals surface area contributed by atoms with Gasteiger partial charge >= 0.3 is 18.1 Å². The summed E-state index contributed by atoms with van der Waals surface area (Å²) in [6, 6.07) is 12.0. The maximum absolute atomic E-state index is 13.5. The van der Waals surface area contributed by atoms with Gasteiger partial charge in [-0.25, -0.2) is 4.79 Å². The van der Waals surface area contributed by atoms with Gasteiger partial charge in [-0.2, -0.15) is 13.2 Å². The fraction of sp³-hybridized carbons (Fsp3) is 0.321. The molecule has 41 heavy (non-hydrogen) atoms. The van der Waals surface area contributed by atoms with Crippen molar-refractivity contribution in [1.82, 2.24) is 14.9 Å². The largest absolute Gasteiger partial charge is 0.492 e. The highest BCUT2D eigenvalue weighted by molar-refractivity contribution is 6.31. The summed E-state index contributed by atoms with van der Waals surface area (Å²) in [4.78, 5) is 45.4. The molecule has 0 fully saturated rings.